The minimum absolute atomic E-state index is 0.183. The highest BCUT2D eigenvalue weighted by Gasteiger charge is 2.40. The van der Waals surface area contributed by atoms with Crippen LogP contribution in [0.4, 0.5) is 13.2 Å². The van der Waals surface area contributed by atoms with Crippen LogP contribution in [0, 0.1) is 0 Å². The molecule has 1 unspecified atom stereocenters. The molecule has 0 saturated heterocycles. The predicted molar refractivity (Wildman–Crippen MR) is 108 cm³/mol. The molecule has 1 aliphatic carbocycles. The molecule has 2 aliphatic rings. The molecular formula is C21H27F3N6. The van der Waals surface area contributed by atoms with E-state index in [0.29, 0.717) is 19.0 Å². The number of aryl methyl sites for hydroxylation is 1. The van der Waals surface area contributed by atoms with Gasteiger partial charge in [-0.2, -0.15) is 18.3 Å². The normalized spacial score (nSPS) is 20.9. The first kappa shape index (κ1) is 20.7. The highest BCUT2D eigenvalue weighted by atomic mass is 19.4. The molecule has 162 valence electrons. The topological polar surface area (TPSA) is 67.1 Å². The van der Waals surface area contributed by atoms with E-state index in [9.17, 15) is 13.2 Å². The smallest absolute Gasteiger partial charge is 0.357 e. The van der Waals surface area contributed by atoms with E-state index >= 15 is 0 Å². The van der Waals surface area contributed by atoms with Crippen LogP contribution in [0.25, 0.3) is 0 Å². The minimum atomic E-state index is -4.33. The number of hydrogen-bond acceptors (Lipinski definition) is 3. The summed E-state index contributed by atoms with van der Waals surface area (Å²) in [7, 11) is 0. The van der Waals surface area contributed by atoms with Gasteiger partial charge in [-0.3, -0.25) is 4.99 Å². The Morgan fingerprint density at radius 3 is 2.87 bits per heavy atom. The molecule has 0 bridgehead atoms. The molecule has 2 heterocycles. The SMILES string of the molecule is CCNC(=NCC1(c2cccc(C(F)(F)F)c2)CCC1)NC1CCc2ncnn2C1. The van der Waals surface area contributed by atoms with Crippen LogP contribution in [0.15, 0.2) is 35.6 Å². The number of nitrogens with one attached hydrogen (secondary N) is 2. The standard InChI is InChI=1S/C21H27F3N6/c1-2-25-19(29-17-7-8-18-27-14-28-30(18)12-17)26-13-20(9-4-10-20)15-5-3-6-16(11-15)21(22,23)24/h3,5-6,11,14,17H,2,4,7-10,12-13H2,1H3,(H2,25,26,29). The summed E-state index contributed by atoms with van der Waals surface area (Å²) >= 11 is 0. The van der Waals surface area contributed by atoms with Gasteiger partial charge in [0.1, 0.15) is 12.2 Å². The first-order chi connectivity index (χ1) is 14.4. The lowest BCUT2D eigenvalue weighted by Crippen LogP contribution is -2.48. The van der Waals surface area contributed by atoms with Gasteiger partial charge in [0.15, 0.2) is 5.96 Å². The first-order valence-electron chi connectivity index (χ1n) is 10.5. The Kier molecular flexibility index (Phi) is 5.71. The summed E-state index contributed by atoms with van der Waals surface area (Å²) in [5, 5.41) is 11.0. The number of halogens is 3. The lowest BCUT2D eigenvalue weighted by molar-refractivity contribution is -0.137. The summed E-state index contributed by atoms with van der Waals surface area (Å²) in [6, 6.07) is 5.91. The van der Waals surface area contributed by atoms with E-state index in [1.165, 1.54) is 12.1 Å². The Balaban J connectivity index is 1.49. The Bertz CT molecular complexity index is 900. The van der Waals surface area contributed by atoms with E-state index < -0.39 is 11.7 Å². The van der Waals surface area contributed by atoms with Gasteiger partial charge >= 0.3 is 6.18 Å². The third-order valence-corrected chi connectivity index (χ3v) is 6.14. The molecule has 9 heteroatoms. The molecular weight excluding hydrogens is 393 g/mol. The summed E-state index contributed by atoms with van der Waals surface area (Å²) in [5.41, 5.74) is -0.186. The van der Waals surface area contributed by atoms with Gasteiger partial charge in [-0.25, -0.2) is 9.67 Å². The monoisotopic (exact) mass is 420 g/mol. The summed E-state index contributed by atoms with van der Waals surface area (Å²) in [6.07, 6.45) is 1.74. The van der Waals surface area contributed by atoms with Gasteiger partial charge in [0, 0.05) is 24.4 Å². The molecule has 2 aromatic rings. The fourth-order valence-electron chi connectivity index (χ4n) is 4.27. The minimum Gasteiger partial charge on any atom is -0.357 e. The second-order valence-corrected chi connectivity index (χ2v) is 8.15. The predicted octanol–water partition coefficient (Wildman–Crippen LogP) is 3.29. The van der Waals surface area contributed by atoms with Crippen LogP contribution in [-0.2, 0) is 24.6 Å². The van der Waals surface area contributed by atoms with E-state index in [0.717, 1.165) is 56.1 Å². The Hall–Kier alpha value is -2.58. The van der Waals surface area contributed by atoms with Gasteiger partial charge in [0.25, 0.3) is 0 Å². The highest BCUT2D eigenvalue weighted by Crippen LogP contribution is 2.45. The number of benzene rings is 1. The summed E-state index contributed by atoms with van der Waals surface area (Å²) < 4.78 is 41.4. The maximum atomic E-state index is 13.2. The Morgan fingerprint density at radius 2 is 2.17 bits per heavy atom. The molecule has 1 aromatic heterocycles. The zero-order valence-electron chi connectivity index (χ0n) is 17.0. The maximum Gasteiger partial charge on any atom is 0.416 e. The third-order valence-electron chi connectivity index (χ3n) is 6.14. The van der Waals surface area contributed by atoms with E-state index in [1.807, 2.05) is 11.6 Å². The molecule has 0 radical (unpaired) electrons. The fraction of sp³-hybridized carbons (Fsp3) is 0.571. The molecule has 6 nitrogen and oxygen atoms in total. The van der Waals surface area contributed by atoms with Crippen molar-refractivity contribution in [3.63, 3.8) is 0 Å². The van der Waals surface area contributed by atoms with Crippen molar-refractivity contribution in [2.24, 2.45) is 4.99 Å². The van der Waals surface area contributed by atoms with Gasteiger partial charge < -0.3 is 10.6 Å². The summed E-state index contributed by atoms with van der Waals surface area (Å²) in [5.74, 6) is 1.69. The molecule has 0 spiro atoms. The van der Waals surface area contributed by atoms with E-state index in [2.05, 4.69) is 20.7 Å². The first-order valence-corrected chi connectivity index (χ1v) is 10.5. The number of hydrogen-bond donors (Lipinski definition) is 2. The van der Waals surface area contributed by atoms with Gasteiger partial charge in [0.05, 0.1) is 18.7 Å². The van der Waals surface area contributed by atoms with Crippen molar-refractivity contribution in [2.45, 2.75) is 63.2 Å². The molecule has 1 aliphatic heterocycles. The second kappa shape index (κ2) is 8.28. The van der Waals surface area contributed by atoms with E-state index in [1.54, 1.807) is 12.4 Å². The molecule has 30 heavy (non-hydrogen) atoms. The van der Waals surface area contributed by atoms with Crippen LogP contribution in [0.2, 0.25) is 0 Å². The molecule has 0 amide bonds. The number of guanidine groups is 1. The Labute approximate surface area is 174 Å². The molecule has 1 atom stereocenters. The summed E-state index contributed by atoms with van der Waals surface area (Å²) in [4.78, 5) is 9.03. The van der Waals surface area contributed by atoms with Crippen molar-refractivity contribution < 1.29 is 13.2 Å². The van der Waals surface area contributed by atoms with Gasteiger partial charge in [0.2, 0.25) is 0 Å². The number of rotatable bonds is 5. The number of aromatic nitrogens is 3. The zero-order chi connectivity index (χ0) is 21.2. The van der Waals surface area contributed by atoms with Crippen molar-refractivity contribution in [3.8, 4) is 0 Å². The van der Waals surface area contributed by atoms with Crippen LogP contribution in [0.3, 0.4) is 0 Å². The van der Waals surface area contributed by atoms with Crippen LogP contribution in [-0.4, -0.2) is 39.9 Å². The lowest BCUT2D eigenvalue weighted by atomic mass is 9.64. The number of aliphatic imine (C=N–C) groups is 1. The summed E-state index contributed by atoms with van der Waals surface area (Å²) in [6.45, 7) is 3.90. The average Bonchev–Trinajstić information content (AvgIpc) is 3.15. The zero-order valence-corrected chi connectivity index (χ0v) is 17.0. The van der Waals surface area contributed by atoms with Gasteiger partial charge in [-0.1, -0.05) is 24.6 Å². The van der Waals surface area contributed by atoms with Gasteiger partial charge in [-0.05, 0) is 37.8 Å². The fourth-order valence-corrected chi connectivity index (χ4v) is 4.27. The highest BCUT2D eigenvalue weighted by molar-refractivity contribution is 5.80. The van der Waals surface area contributed by atoms with Crippen molar-refractivity contribution in [1.29, 1.82) is 0 Å². The second-order valence-electron chi connectivity index (χ2n) is 8.15. The maximum absolute atomic E-state index is 13.2. The molecule has 1 saturated carbocycles. The van der Waals surface area contributed by atoms with Crippen LogP contribution >= 0.6 is 0 Å². The average molecular weight is 420 g/mol. The van der Waals surface area contributed by atoms with Crippen molar-refractivity contribution >= 4 is 5.96 Å². The molecule has 1 aromatic carbocycles. The number of alkyl halides is 3. The van der Waals surface area contributed by atoms with Crippen LogP contribution in [0.1, 0.15) is 49.6 Å². The third kappa shape index (κ3) is 4.29. The van der Waals surface area contributed by atoms with Crippen molar-refractivity contribution in [3.05, 3.63) is 47.5 Å². The number of nitrogens with zero attached hydrogens (tertiary/aromatic N) is 4. The van der Waals surface area contributed by atoms with Crippen molar-refractivity contribution in [2.75, 3.05) is 13.1 Å². The Morgan fingerprint density at radius 1 is 1.33 bits per heavy atom. The van der Waals surface area contributed by atoms with Crippen LogP contribution < -0.4 is 10.6 Å². The van der Waals surface area contributed by atoms with Crippen molar-refractivity contribution in [1.82, 2.24) is 25.4 Å². The van der Waals surface area contributed by atoms with E-state index in [4.69, 9.17) is 4.99 Å². The molecule has 4 rings (SSSR count). The molecule has 1 fully saturated rings. The van der Waals surface area contributed by atoms with Crippen LogP contribution in [0.5, 0.6) is 0 Å². The lowest BCUT2D eigenvalue weighted by Gasteiger charge is -2.41. The number of fused-ring (bicyclic) bond motifs is 1. The quantitative estimate of drug-likeness (QED) is 0.576. The van der Waals surface area contributed by atoms with E-state index in [-0.39, 0.29) is 11.5 Å². The molecule has 2 N–H and O–H groups in total. The van der Waals surface area contributed by atoms with Gasteiger partial charge in [-0.15, -0.1) is 0 Å². The largest absolute Gasteiger partial charge is 0.416 e.